The van der Waals surface area contributed by atoms with Gasteiger partial charge in [-0.1, -0.05) is 77.8 Å². The van der Waals surface area contributed by atoms with E-state index in [1.54, 1.807) is 36.6 Å². The molecule has 4 rings (SSSR count). The van der Waals surface area contributed by atoms with Crippen molar-refractivity contribution in [3.8, 4) is 0 Å². The van der Waals surface area contributed by atoms with Crippen molar-refractivity contribution in [3.63, 3.8) is 0 Å². The third-order valence-electron chi connectivity index (χ3n) is 4.24. The van der Waals surface area contributed by atoms with Gasteiger partial charge in [0.1, 0.15) is 5.70 Å². The predicted molar refractivity (Wildman–Crippen MR) is 118 cm³/mol. The molecule has 0 radical (unpaired) electrons. The van der Waals surface area contributed by atoms with Crippen LogP contribution in [0.3, 0.4) is 0 Å². The number of benzene rings is 3. The van der Waals surface area contributed by atoms with Gasteiger partial charge >= 0.3 is 0 Å². The topological polar surface area (TPSA) is 45.0 Å². The van der Waals surface area contributed by atoms with Gasteiger partial charge in [0.2, 0.25) is 0 Å². The summed E-state index contributed by atoms with van der Waals surface area (Å²) in [7, 11) is 0. The van der Waals surface area contributed by atoms with E-state index in [-0.39, 0.29) is 5.91 Å². The highest BCUT2D eigenvalue weighted by Gasteiger charge is 2.31. The Morgan fingerprint density at radius 3 is 2.00 bits per heavy atom. The van der Waals surface area contributed by atoms with Crippen LogP contribution in [0, 0.1) is 0 Å². The molecule has 29 heavy (non-hydrogen) atoms. The number of aliphatic imine (C=N–C) groups is 1. The minimum absolute atomic E-state index is 0.302. The van der Waals surface area contributed by atoms with Crippen LogP contribution >= 0.6 is 23.2 Å². The first kappa shape index (κ1) is 19.1. The molecule has 3 aromatic rings. The van der Waals surface area contributed by atoms with Crippen molar-refractivity contribution in [1.29, 1.82) is 0 Å². The van der Waals surface area contributed by atoms with Crippen molar-refractivity contribution in [1.82, 2.24) is 5.01 Å². The smallest absolute Gasteiger partial charge is 0.265 e. The number of amides is 1. The summed E-state index contributed by atoms with van der Waals surface area (Å²) in [6, 6.07) is 23.9. The van der Waals surface area contributed by atoms with E-state index in [0.717, 1.165) is 16.7 Å². The van der Waals surface area contributed by atoms with Gasteiger partial charge in [0, 0.05) is 15.6 Å². The SMILES string of the molecule is O=C1/C(=C/c2ccc(Cl)cc2)N=C(c2ccccc2)N1/N=C/c1ccc(Cl)cc1. The maximum Gasteiger partial charge on any atom is 0.298 e. The molecule has 4 nitrogen and oxygen atoms in total. The van der Waals surface area contributed by atoms with Gasteiger partial charge in [-0.3, -0.25) is 4.79 Å². The van der Waals surface area contributed by atoms with E-state index >= 15 is 0 Å². The highest BCUT2D eigenvalue weighted by molar-refractivity contribution is 6.31. The molecule has 1 aliphatic rings. The van der Waals surface area contributed by atoms with E-state index in [4.69, 9.17) is 23.2 Å². The van der Waals surface area contributed by atoms with Crippen LogP contribution in [-0.2, 0) is 4.79 Å². The Bertz CT molecular complexity index is 1120. The maximum atomic E-state index is 13.0. The molecule has 0 spiro atoms. The Hall–Kier alpha value is -3.21. The maximum absolute atomic E-state index is 13.0. The summed E-state index contributed by atoms with van der Waals surface area (Å²) in [5, 5.41) is 6.97. The number of hydrogen-bond donors (Lipinski definition) is 0. The van der Waals surface area contributed by atoms with Crippen LogP contribution in [0.5, 0.6) is 0 Å². The number of hydrogen-bond acceptors (Lipinski definition) is 3. The Kier molecular flexibility index (Phi) is 5.56. The molecule has 0 unspecified atom stereocenters. The van der Waals surface area contributed by atoms with Crippen molar-refractivity contribution < 1.29 is 4.79 Å². The fraction of sp³-hybridized carbons (Fsp3) is 0. The Balaban J connectivity index is 1.71. The third-order valence-corrected chi connectivity index (χ3v) is 4.74. The highest BCUT2D eigenvalue weighted by atomic mass is 35.5. The number of carbonyl (C=O) groups excluding carboxylic acids is 1. The molecule has 0 N–H and O–H groups in total. The molecule has 0 fully saturated rings. The van der Waals surface area contributed by atoms with Gasteiger partial charge in [0.25, 0.3) is 5.91 Å². The number of carbonyl (C=O) groups is 1. The van der Waals surface area contributed by atoms with Crippen molar-refractivity contribution in [3.05, 3.63) is 111 Å². The van der Waals surface area contributed by atoms with Crippen molar-refractivity contribution >= 4 is 47.2 Å². The van der Waals surface area contributed by atoms with Crippen LogP contribution in [0.2, 0.25) is 10.0 Å². The summed E-state index contributed by atoms with van der Waals surface area (Å²) >= 11 is 11.9. The lowest BCUT2D eigenvalue weighted by Gasteiger charge is -2.11. The number of hydrazone groups is 1. The summed E-state index contributed by atoms with van der Waals surface area (Å²) in [6.07, 6.45) is 3.33. The summed E-state index contributed by atoms with van der Waals surface area (Å²) < 4.78 is 0. The molecule has 1 aliphatic heterocycles. The highest BCUT2D eigenvalue weighted by Crippen LogP contribution is 2.23. The van der Waals surface area contributed by atoms with Gasteiger partial charge < -0.3 is 0 Å². The van der Waals surface area contributed by atoms with Gasteiger partial charge in [-0.2, -0.15) is 10.1 Å². The molecule has 0 aromatic heterocycles. The zero-order chi connectivity index (χ0) is 20.2. The largest absolute Gasteiger partial charge is 0.298 e. The second-order valence-electron chi connectivity index (χ2n) is 6.30. The van der Waals surface area contributed by atoms with Gasteiger partial charge in [-0.05, 0) is 41.5 Å². The first-order valence-electron chi connectivity index (χ1n) is 8.85. The average molecular weight is 420 g/mol. The number of halogens is 2. The zero-order valence-corrected chi connectivity index (χ0v) is 16.7. The monoisotopic (exact) mass is 419 g/mol. The molecule has 1 amide bonds. The standard InChI is InChI=1S/C23H15Cl2N3O/c24-19-10-6-16(7-11-19)14-21-23(29)28(22(27-21)18-4-2-1-3-5-18)26-15-17-8-12-20(25)13-9-17/h1-15H/b21-14-,26-15+. The van der Waals surface area contributed by atoms with E-state index in [1.807, 2.05) is 54.6 Å². The summed E-state index contributed by atoms with van der Waals surface area (Å²) in [6.45, 7) is 0. The Morgan fingerprint density at radius 1 is 0.793 bits per heavy atom. The lowest BCUT2D eigenvalue weighted by Crippen LogP contribution is -2.27. The number of amidine groups is 1. The molecule has 0 saturated carbocycles. The molecule has 0 bridgehead atoms. The zero-order valence-electron chi connectivity index (χ0n) is 15.2. The molecule has 3 aromatic carbocycles. The summed E-state index contributed by atoms with van der Waals surface area (Å²) in [5.41, 5.74) is 2.76. The number of rotatable bonds is 4. The van der Waals surface area contributed by atoms with Crippen LogP contribution < -0.4 is 0 Å². The minimum atomic E-state index is -0.302. The first-order valence-corrected chi connectivity index (χ1v) is 9.61. The quantitative estimate of drug-likeness (QED) is 0.397. The molecule has 0 atom stereocenters. The molecule has 142 valence electrons. The minimum Gasteiger partial charge on any atom is -0.265 e. The van der Waals surface area contributed by atoms with E-state index in [1.165, 1.54) is 5.01 Å². The lowest BCUT2D eigenvalue weighted by atomic mass is 10.2. The van der Waals surface area contributed by atoms with Crippen LogP contribution in [0.25, 0.3) is 6.08 Å². The van der Waals surface area contributed by atoms with Gasteiger partial charge in [-0.15, -0.1) is 0 Å². The van der Waals surface area contributed by atoms with Crippen molar-refractivity contribution in [2.24, 2.45) is 10.1 Å². The van der Waals surface area contributed by atoms with E-state index < -0.39 is 0 Å². The predicted octanol–water partition coefficient (Wildman–Crippen LogP) is 5.66. The normalized spacial score (nSPS) is 15.4. The van der Waals surface area contributed by atoms with E-state index in [2.05, 4.69) is 10.1 Å². The van der Waals surface area contributed by atoms with E-state index in [0.29, 0.717) is 21.6 Å². The molecular weight excluding hydrogens is 405 g/mol. The molecule has 0 aliphatic carbocycles. The third kappa shape index (κ3) is 4.45. The van der Waals surface area contributed by atoms with Crippen LogP contribution in [0.4, 0.5) is 0 Å². The average Bonchev–Trinajstić information content (AvgIpc) is 3.05. The van der Waals surface area contributed by atoms with Gasteiger partial charge in [0.05, 0.1) is 6.21 Å². The van der Waals surface area contributed by atoms with Crippen molar-refractivity contribution in [2.75, 3.05) is 0 Å². The second kappa shape index (κ2) is 8.43. The summed E-state index contributed by atoms with van der Waals surface area (Å²) in [4.78, 5) is 17.6. The van der Waals surface area contributed by atoms with Crippen LogP contribution in [0.15, 0.2) is 94.7 Å². The molecule has 6 heteroatoms. The van der Waals surface area contributed by atoms with Crippen molar-refractivity contribution in [2.45, 2.75) is 0 Å². The Labute approximate surface area is 178 Å². The van der Waals surface area contributed by atoms with Crippen LogP contribution in [-0.4, -0.2) is 23.0 Å². The van der Waals surface area contributed by atoms with Gasteiger partial charge in [-0.25, -0.2) is 4.99 Å². The Morgan fingerprint density at radius 2 is 1.38 bits per heavy atom. The second-order valence-corrected chi connectivity index (χ2v) is 7.17. The van der Waals surface area contributed by atoms with E-state index in [9.17, 15) is 4.79 Å². The van der Waals surface area contributed by atoms with Crippen LogP contribution in [0.1, 0.15) is 16.7 Å². The molecule has 0 saturated heterocycles. The van der Waals surface area contributed by atoms with Gasteiger partial charge in [0.15, 0.2) is 5.84 Å². The number of nitrogens with zero attached hydrogens (tertiary/aromatic N) is 3. The molecular formula is C23H15Cl2N3O. The first-order chi connectivity index (χ1) is 14.1. The molecule has 1 heterocycles. The fourth-order valence-corrected chi connectivity index (χ4v) is 3.03. The fourth-order valence-electron chi connectivity index (χ4n) is 2.78. The lowest BCUT2D eigenvalue weighted by molar-refractivity contribution is -0.122. The summed E-state index contributed by atoms with van der Waals surface area (Å²) in [5.74, 6) is 0.171.